The molecule has 0 aromatic carbocycles. The van der Waals surface area contributed by atoms with Gasteiger partial charge in [0.1, 0.15) is 0 Å². The van der Waals surface area contributed by atoms with Crippen LogP contribution < -0.4 is 5.32 Å². The van der Waals surface area contributed by atoms with Crippen LogP contribution in [0, 0.1) is 0 Å². The van der Waals surface area contributed by atoms with Crippen molar-refractivity contribution >= 4 is 11.8 Å². The summed E-state index contributed by atoms with van der Waals surface area (Å²) in [6, 6.07) is 3.16. The highest BCUT2D eigenvalue weighted by Crippen LogP contribution is 2.10. The Hall–Kier alpha value is -1.82. The molecule has 0 spiro atoms. The molecular weight excluding hydrogens is 208 g/mol. The van der Waals surface area contributed by atoms with Gasteiger partial charge < -0.3 is 0 Å². The highest BCUT2D eigenvalue weighted by Gasteiger charge is 2.35. The van der Waals surface area contributed by atoms with E-state index in [-0.39, 0.29) is 18.2 Å². The first kappa shape index (κ1) is 10.7. The summed E-state index contributed by atoms with van der Waals surface area (Å²) < 4.78 is 0. The second kappa shape index (κ2) is 4.36. The second-order valence-corrected chi connectivity index (χ2v) is 3.64. The Balaban J connectivity index is 1.92. The van der Waals surface area contributed by atoms with E-state index < -0.39 is 6.04 Å². The third-order valence-corrected chi connectivity index (χ3v) is 2.54. The van der Waals surface area contributed by atoms with Crippen LogP contribution in [0.15, 0.2) is 18.3 Å². The number of nitrogens with one attached hydrogen (secondary N) is 1. The molecule has 1 unspecified atom stereocenters. The van der Waals surface area contributed by atoms with Gasteiger partial charge in [-0.25, -0.2) is 0 Å². The first-order valence-corrected chi connectivity index (χ1v) is 4.99. The molecular formula is C10H12N4O2. The first-order chi connectivity index (χ1) is 7.68. The van der Waals surface area contributed by atoms with E-state index in [1.54, 1.807) is 12.3 Å². The van der Waals surface area contributed by atoms with Crippen LogP contribution in [-0.4, -0.2) is 40.0 Å². The number of carbonyl (C=O) groups is 2. The zero-order valence-electron chi connectivity index (χ0n) is 8.88. The fourth-order valence-electron chi connectivity index (χ4n) is 1.57. The maximum atomic E-state index is 11.5. The van der Waals surface area contributed by atoms with Gasteiger partial charge in [-0.15, -0.1) is 0 Å². The Morgan fingerprint density at radius 3 is 2.94 bits per heavy atom. The third-order valence-electron chi connectivity index (χ3n) is 2.54. The second-order valence-electron chi connectivity index (χ2n) is 3.64. The van der Waals surface area contributed by atoms with Crippen LogP contribution in [0.3, 0.4) is 0 Å². The highest BCUT2D eigenvalue weighted by molar-refractivity contribution is 6.05. The average molecular weight is 220 g/mol. The molecule has 2 amide bonds. The number of likely N-dealkylation sites (tertiary alicyclic amines) is 1. The van der Waals surface area contributed by atoms with Crippen LogP contribution in [0.2, 0.25) is 0 Å². The molecule has 1 aliphatic heterocycles. The number of carbonyl (C=O) groups excluding carboxylic acids is 2. The van der Waals surface area contributed by atoms with Crippen molar-refractivity contribution in [1.29, 1.82) is 0 Å². The van der Waals surface area contributed by atoms with Crippen molar-refractivity contribution in [2.75, 3.05) is 7.05 Å². The molecule has 1 atom stereocenters. The highest BCUT2D eigenvalue weighted by atomic mass is 16.2. The molecule has 16 heavy (non-hydrogen) atoms. The van der Waals surface area contributed by atoms with E-state index in [0.717, 1.165) is 10.6 Å². The lowest BCUT2D eigenvalue weighted by atomic mass is 10.2. The van der Waals surface area contributed by atoms with Gasteiger partial charge in [0, 0.05) is 19.8 Å². The molecule has 2 heterocycles. The standard InChI is InChI=1S/C10H12N4O2/c1-14-9(15)5-8(10(14)16)11-6-7-3-2-4-12-13-7/h2-4,8,11H,5-6H2,1H3. The molecule has 1 saturated heterocycles. The van der Waals surface area contributed by atoms with Gasteiger partial charge in [-0.1, -0.05) is 0 Å². The fourth-order valence-corrected chi connectivity index (χ4v) is 1.57. The fraction of sp³-hybridized carbons (Fsp3) is 0.400. The van der Waals surface area contributed by atoms with E-state index in [4.69, 9.17) is 0 Å². The molecule has 1 fully saturated rings. The number of likely N-dealkylation sites (N-methyl/N-ethyl adjacent to an activating group) is 1. The minimum Gasteiger partial charge on any atom is -0.300 e. The van der Waals surface area contributed by atoms with Crippen molar-refractivity contribution in [3.63, 3.8) is 0 Å². The largest absolute Gasteiger partial charge is 0.300 e. The van der Waals surface area contributed by atoms with Crippen LogP contribution >= 0.6 is 0 Å². The molecule has 0 radical (unpaired) electrons. The molecule has 0 bridgehead atoms. The van der Waals surface area contributed by atoms with Crippen molar-refractivity contribution in [1.82, 2.24) is 20.4 Å². The molecule has 0 aliphatic carbocycles. The summed E-state index contributed by atoms with van der Waals surface area (Å²) in [7, 11) is 1.49. The topological polar surface area (TPSA) is 75.2 Å². The minimum absolute atomic E-state index is 0.151. The van der Waals surface area contributed by atoms with Gasteiger partial charge in [-0.05, 0) is 12.1 Å². The lowest BCUT2D eigenvalue weighted by Gasteiger charge is -2.09. The predicted octanol–water partition coefficient (Wildman–Crippen LogP) is -0.677. The maximum absolute atomic E-state index is 11.5. The van der Waals surface area contributed by atoms with E-state index in [9.17, 15) is 9.59 Å². The summed E-state index contributed by atoms with van der Waals surface area (Å²) in [5.74, 6) is -0.337. The van der Waals surface area contributed by atoms with Crippen LogP contribution in [0.4, 0.5) is 0 Å². The average Bonchev–Trinajstić information content (AvgIpc) is 2.56. The van der Waals surface area contributed by atoms with E-state index in [1.165, 1.54) is 7.05 Å². The molecule has 0 saturated carbocycles. The SMILES string of the molecule is CN1C(=O)CC(NCc2cccnn2)C1=O. The Bertz CT molecular complexity index is 407. The Morgan fingerprint density at radius 2 is 2.38 bits per heavy atom. The van der Waals surface area contributed by atoms with Crippen molar-refractivity contribution in [3.8, 4) is 0 Å². The molecule has 1 aliphatic rings. The molecule has 6 nitrogen and oxygen atoms in total. The lowest BCUT2D eigenvalue weighted by molar-refractivity contribution is -0.137. The number of rotatable bonds is 3. The van der Waals surface area contributed by atoms with Crippen molar-refractivity contribution < 1.29 is 9.59 Å². The van der Waals surface area contributed by atoms with Crippen LogP contribution in [-0.2, 0) is 16.1 Å². The number of nitrogens with zero attached hydrogens (tertiary/aromatic N) is 3. The van der Waals surface area contributed by atoms with E-state index in [0.29, 0.717) is 6.54 Å². The molecule has 1 aromatic rings. The Morgan fingerprint density at radius 1 is 1.56 bits per heavy atom. The van der Waals surface area contributed by atoms with Crippen LogP contribution in [0.5, 0.6) is 0 Å². The number of hydrogen-bond donors (Lipinski definition) is 1. The summed E-state index contributed by atoms with van der Waals surface area (Å²) >= 11 is 0. The van der Waals surface area contributed by atoms with Crippen LogP contribution in [0.1, 0.15) is 12.1 Å². The zero-order chi connectivity index (χ0) is 11.5. The predicted molar refractivity (Wildman–Crippen MR) is 55.1 cm³/mol. The molecule has 1 aromatic heterocycles. The van der Waals surface area contributed by atoms with Crippen molar-refractivity contribution in [3.05, 3.63) is 24.0 Å². The lowest BCUT2D eigenvalue weighted by Crippen LogP contribution is -2.36. The van der Waals surface area contributed by atoms with Gasteiger partial charge in [0.15, 0.2) is 0 Å². The van der Waals surface area contributed by atoms with E-state index >= 15 is 0 Å². The van der Waals surface area contributed by atoms with Gasteiger partial charge in [-0.2, -0.15) is 10.2 Å². The quantitative estimate of drug-likeness (QED) is 0.683. The summed E-state index contributed by atoms with van der Waals surface area (Å²) in [4.78, 5) is 23.9. The number of hydrogen-bond acceptors (Lipinski definition) is 5. The van der Waals surface area contributed by atoms with Gasteiger partial charge in [0.05, 0.1) is 18.2 Å². The Kier molecular flexibility index (Phi) is 2.91. The first-order valence-electron chi connectivity index (χ1n) is 4.99. The van der Waals surface area contributed by atoms with E-state index in [1.807, 2.05) is 6.07 Å². The van der Waals surface area contributed by atoms with Gasteiger partial charge in [0.2, 0.25) is 11.8 Å². The zero-order valence-corrected chi connectivity index (χ0v) is 8.88. The van der Waals surface area contributed by atoms with Crippen LogP contribution in [0.25, 0.3) is 0 Å². The molecule has 84 valence electrons. The van der Waals surface area contributed by atoms with Crippen molar-refractivity contribution in [2.24, 2.45) is 0 Å². The third kappa shape index (κ3) is 2.06. The van der Waals surface area contributed by atoms with E-state index in [2.05, 4.69) is 15.5 Å². The summed E-state index contributed by atoms with van der Waals surface area (Å²) in [6.45, 7) is 0.436. The molecule has 6 heteroatoms. The number of amides is 2. The number of imide groups is 1. The normalized spacial score (nSPS) is 20.6. The number of aromatic nitrogens is 2. The minimum atomic E-state index is -0.431. The monoisotopic (exact) mass is 220 g/mol. The molecule has 2 rings (SSSR count). The summed E-state index contributed by atoms with van der Waals surface area (Å²) in [5, 5.41) is 10.6. The van der Waals surface area contributed by atoms with Gasteiger partial charge >= 0.3 is 0 Å². The van der Waals surface area contributed by atoms with Gasteiger partial charge in [0.25, 0.3) is 0 Å². The van der Waals surface area contributed by atoms with Crippen molar-refractivity contribution in [2.45, 2.75) is 19.0 Å². The Labute approximate surface area is 92.7 Å². The van der Waals surface area contributed by atoms with Gasteiger partial charge in [-0.3, -0.25) is 19.8 Å². The summed E-state index contributed by atoms with van der Waals surface area (Å²) in [6.07, 6.45) is 1.80. The summed E-state index contributed by atoms with van der Waals surface area (Å²) in [5.41, 5.74) is 0.748. The maximum Gasteiger partial charge on any atom is 0.246 e. The smallest absolute Gasteiger partial charge is 0.246 e. The molecule has 1 N–H and O–H groups in total.